The number of hydrogen-bond acceptors (Lipinski definition) is 4. The lowest BCUT2D eigenvalue weighted by Gasteiger charge is -2.34. The number of aryl methyl sites for hydroxylation is 2. The summed E-state index contributed by atoms with van der Waals surface area (Å²) in [6.07, 6.45) is 1.88. The monoisotopic (exact) mass is 508 g/mol. The van der Waals surface area contributed by atoms with E-state index in [0.717, 1.165) is 44.5 Å². The molecular weight excluding hydrogens is 475 g/mol. The quantitative estimate of drug-likeness (QED) is 0.370. The van der Waals surface area contributed by atoms with Gasteiger partial charge in [0, 0.05) is 58.1 Å². The number of hydrogen-bond donors (Lipinski definition) is 2. The van der Waals surface area contributed by atoms with Crippen molar-refractivity contribution in [3.8, 4) is 0 Å². The van der Waals surface area contributed by atoms with Crippen LogP contribution in [0.15, 0.2) is 41.5 Å². The van der Waals surface area contributed by atoms with Crippen LogP contribution in [0.25, 0.3) is 0 Å². The van der Waals surface area contributed by atoms with Crippen molar-refractivity contribution in [3.63, 3.8) is 0 Å². The fourth-order valence-electron chi connectivity index (χ4n) is 3.49. The first kappa shape index (κ1) is 23.4. The van der Waals surface area contributed by atoms with Crippen LogP contribution < -0.4 is 15.5 Å². The Balaban J connectivity index is 0.00000300. The Bertz CT molecular complexity index is 815. The van der Waals surface area contributed by atoms with E-state index in [0.29, 0.717) is 6.54 Å². The second kappa shape index (κ2) is 11.3. The lowest BCUT2D eigenvalue weighted by Crippen LogP contribution is -2.45. The second-order valence-electron chi connectivity index (χ2n) is 7.49. The topological polar surface area (TPSA) is 55.8 Å². The van der Waals surface area contributed by atoms with Crippen molar-refractivity contribution in [1.82, 2.24) is 20.5 Å². The molecule has 2 N–H and O–H groups in total. The smallest absolute Gasteiger partial charge is 0.191 e. The first-order valence-electron chi connectivity index (χ1n) is 9.95. The van der Waals surface area contributed by atoms with E-state index >= 15 is 0 Å². The Kier molecular flexibility index (Phi) is 9.16. The number of pyridine rings is 1. The van der Waals surface area contributed by atoms with Crippen LogP contribution in [-0.2, 0) is 13.1 Å². The summed E-state index contributed by atoms with van der Waals surface area (Å²) in [5.74, 6) is 1.88. The van der Waals surface area contributed by atoms with E-state index in [2.05, 4.69) is 75.6 Å². The van der Waals surface area contributed by atoms with E-state index < -0.39 is 0 Å². The molecule has 29 heavy (non-hydrogen) atoms. The van der Waals surface area contributed by atoms with E-state index in [1.54, 1.807) is 0 Å². The van der Waals surface area contributed by atoms with Crippen molar-refractivity contribution >= 4 is 35.8 Å². The summed E-state index contributed by atoms with van der Waals surface area (Å²) in [5, 5.41) is 6.86. The van der Waals surface area contributed by atoms with Crippen molar-refractivity contribution in [3.05, 3.63) is 58.8 Å². The van der Waals surface area contributed by atoms with E-state index in [-0.39, 0.29) is 24.0 Å². The van der Waals surface area contributed by atoms with E-state index in [4.69, 9.17) is 0 Å². The van der Waals surface area contributed by atoms with E-state index in [1.807, 2.05) is 19.3 Å². The van der Waals surface area contributed by atoms with Gasteiger partial charge in [-0.2, -0.15) is 0 Å². The molecule has 158 valence electrons. The van der Waals surface area contributed by atoms with Crippen molar-refractivity contribution in [2.75, 3.05) is 45.2 Å². The van der Waals surface area contributed by atoms with E-state index in [9.17, 15) is 0 Å². The SMILES string of the molecule is CN=C(NCc1ccc(C)cc1C)NCc1cccnc1N1CCN(C)CC1.I. The maximum absolute atomic E-state index is 4.65. The number of aliphatic imine (C=N–C) groups is 1. The summed E-state index contributed by atoms with van der Waals surface area (Å²) >= 11 is 0. The van der Waals surface area contributed by atoms with Crippen LogP contribution in [0.4, 0.5) is 5.82 Å². The molecule has 1 aliphatic rings. The second-order valence-corrected chi connectivity index (χ2v) is 7.49. The molecule has 1 fully saturated rings. The number of rotatable bonds is 5. The molecule has 0 radical (unpaired) electrons. The zero-order chi connectivity index (χ0) is 19.9. The number of guanidine groups is 1. The molecule has 1 aliphatic heterocycles. The fraction of sp³-hybridized carbons (Fsp3) is 0.455. The Morgan fingerprint density at radius 3 is 2.38 bits per heavy atom. The summed E-state index contributed by atoms with van der Waals surface area (Å²) in [7, 11) is 3.98. The standard InChI is InChI=1S/C22H32N6.HI/c1-17-7-8-19(18(2)14-17)15-25-22(23-3)26-16-20-6-5-9-24-21(20)28-12-10-27(4)11-13-28;/h5-9,14H,10-13,15-16H2,1-4H3,(H2,23,25,26);1H. The highest BCUT2D eigenvalue weighted by atomic mass is 127. The molecule has 3 rings (SSSR count). The number of likely N-dealkylation sites (N-methyl/N-ethyl adjacent to an activating group) is 1. The Labute approximate surface area is 191 Å². The summed E-state index contributed by atoms with van der Waals surface area (Å²) < 4.78 is 0. The van der Waals surface area contributed by atoms with Crippen LogP contribution in [0.2, 0.25) is 0 Å². The van der Waals surface area contributed by atoms with Gasteiger partial charge in [-0.1, -0.05) is 29.8 Å². The minimum absolute atomic E-state index is 0. The van der Waals surface area contributed by atoms with Crippen LogP contribution >= 0.6 is 24.0 Å². The molecular formula is C22H33IN6. The molecule has 2 aromatic rings. The third kappa shape index (κ3) is 6.57. The molecule has 0 aliphatic carbocycles. The lowest BCUT2D eigenvalue weighted by molar-refractivity contribution is 0.312. The van der Waals surface area contributed by atoms with Crippen LogP contribution in [0, 0.1) is 13.8 Å². The zero-order valence-electron chi connectivity index (χ0n) is 17.9. The number of anilines is 1. The molecule has 0 atom stereocenters. The van der Waals surface area contributed by atoms with Crippen LogP contribution in [0.5, 0.6) is 0 Å². The predicted octanol–water partition coefficient (Wildman–Crippen LogP) is 2.93. The number of benzene rings is 1. The fourth-order valence-corrected chi connectivity index (χ4v) is 3.49. The van der Waals surface area contributed by atoms with Crippen LogP contribution in [0.3, 0.4) is 0 Å². The molecule has 6 nitrogen and oxygen atoms in total. The van der Waals surface area contributed by atoms with Gasteiger partial charge in [0.05, 0.1) is 0 Å². The highest BCUT2D eigenvalue weighted by molar-refractivity contribution is 14.0. The maximum Gasteiger partial charge on any atom is 0.191 e. The molecule has 0 bridgehead atoms. The number of piperazine rings is 1. The van der Waals surface area contributed by atoms with Gasteiger partial charge < -0.3 is 20.4 Å². The summed E-state index contributed by atoms with van der Waals surface area (Å²) in [5.41, 5.74) is 5.07. The first-order valence-corrected chi connectivity index (χ1v) is 9.95. The maximum atomic E-state index is 4.65. The minimum Gasteiger partial charge on any atom is -0.354 e. The van der Waals surface area contributed by atoms with Crippen LogP contribution in [0.1, 0.15) is 22.3 Å². The van der Waals surface area contributed by atoms with Gasteiger partial charge in [-0.25, -0.2) is 4.98 Å². The molecule has 2 heterocycles. The molecule has 0 amide bonds. The third-order valence-electron chi connectivity index (χ3n) is 5.28. The minimum atomic E-state index is 0. The van der Waals surface area contributed by atoms with Gasteiger partial charge in [0.25, 0.3) is 0 Å². The normalized spacial score (nSPS) is 15.0. The summed E-state index contributed by atoms with van der Waals surface area (Å²) in [4.78, 5) is 13.8. The largest absolute Gasteiger partial charge is 0.354 e. The molecule has 1 aromatic carbocycles. The van der Waals surface area contributed by atoms with Crippen molar-refractivity contribution in [2.24, 2.45) is 4.99 Å². The van der Waals surface area contributed by atoms with Gasteiger partial charge in [-0.15, -0.1) is 24.0 Å². The van der Waals surface area contributed by atoms with Gasteiger partial charge >= 0.3 is 0 Å². The number of nitrogens with one attached hydrogen (secondary N) is 2. The number of aromatic nitrogens is 1. The number of nitrogens with zero attached hydrogens (tertiary/aromatic N) is 4. The predicted molar refractivity (Wildman–Crippen MR) is 132 cm³/mol. The average molecular weight is 508 g/mol. The summed E-state index contributed by atoms with van der Waals surface area (Å²) in [6.45, 7) is 9.90. The Hall–Kier alpha value is -1.87. The average Bonchev–Trinajstić information content (AvgIpc) is 2.70. The molecule has 0 unspecified atom stereocenters. The molecule has 0 saturated carbocycles. The molecule has 0 spiro atoms. The van der Waals surface area contributed by atoms with Gasteiger partial charge in [0.2, 0.25) is 0 Å². The molecule has 7 heteroatoms. The molecule has 1 saturated heterocycles. The first-order chi connectivity index (χ1) is 13.6. The lowest BCUT2D eigenvalue weighted by atomic mass is 10.1. The van der Waals surface area contributed by atoms with Crippen molar-refractivity contribution in [2.45, 2.75) is 26.9 Å². The van der Waals surface area contributed by atoms with Crippen LogP contribution in [-0.4, -0.2) is 56.1 Å². The van der Waals surface area contributed by atoms with Gasteiger partial charge in [-0.3, -0.25) is 4.99 Å². The van der Waals surface area contributed by atoms with Crippen molar-refractivity contribution < 1.29 is 0 Å². The zero-order valence-corrected chi connectivity index (χ0v) is 20.2. The Morgan fingerprint density at radius 1 is 1.03 bits per heavy atom. The third-order valence-corrected chi connectivity index (χ3v) is 5.28. The van der Waals surface area contributed by atoms with Gasteiger partial charge in [-0.05, 0) is 38.1 Å². The highest BCUT2D eigenvalue weighted by Crippen LogP contribution is 2.18. The van der Waals surface area contributed by atoms with Gasteiger partial charge in [0.1, 0.15) is 5.82 Å². The number of halogens is 1. The van der Waals surface area contributed by atoms with E-state index in [1.165, 1.54) is 22.3 Å². The van der Waals surface area contributed by atoms with Gasteiger partial charge in [0.15, 0.2) is 5.96 Å². The Morgan fingerprint density at radius 2 is 1.72 bits per heavy atom. The highest BCUT2D eigenvalue weighted by Gasteiger charge is 2.18. The van der Waals surface area contributed by atoms with Crippen molar-refractivity contribution in [1.29, 1.82) is 0 Å². The molecule has 1 aromatic heterocycles. The summed E-state index contributed by atoms with van der Waals surface area (Å²) in [6, 6.07) is 10.7.